The van der Waals surface area contributed by atoms with Gasteiger partial charge >= 0.3 is 0 Å². The van der Waals surface area contributed by atoms with Crippen molar-refractivity contribution in [3.05, 3.63) is 133 Å². The van der Waals surface area contributed by atoms with Crippen molar-refractivity contribution < 1.29 is 21.4 Å². The van der Waals surface area contributed by atoms with Crippen molar-refractivity contribution >= 4 is 148 Å². The van der Waals surface area contributed by atoms with E-state index in [9.17, 15) is 4.79 Å². The molecule has 300 valence electrons. The molecule has 0 aliphatic rings. The number of rotatable bonds is 9. The fourth-order valence-electron chi connectivity index (χ4n) is 6.37. The van der Waals surface area contributed by atoms with E-state index in [1.165, 1.54) is 34.4 Å². The van der Waals surface area contributed by atoms with Gasteiger partial charge in [-0.2, -0.15) is 0 Å². The van der Waals surface area contributed by atoms with E-state index in [4.69, 9.17) is 84.6 Å². The molecule has 4 aromatic carbocycles. The molecule has 6 heterocycles. The summed E-state index contributed by atoms with van der Waals surface area (Å²) < 4.78 is 34.2. The predicted molar refractivity (Wildman–Crippen MR) is 254 cm³/mol. The van der Waals surface area contributed by atoms with Gasteiger partial charge in [0.1, 0.15) is 21.7 Å². The van der Waals surface area contributed by atoms with Crippen LogP contribution in [0.25, 0.3) is 64.2 Å². The second-order valence-electron chi connectivity index (χ2n) is 12.9. The van der Waals surface area contributed by atoms with Crippen LogP contribution in [0.4, 0.5) is 0 Å². The number of pyridine rings is 2. The van der Waals surface area contributed by atoms with Gasteiger partial charge in [0.2, 0.25) is 16.3 Å². The van der Waals surface area contributed by atoms with Gasteiger partial charge in [-0.25, -0.2) is 29.1 Å². The molecule has 0 radical (unpaired) electrons. The number of halogens is 2. The molecule has 61 heavy (non-hydrogen) atoms. The van der Waals surface area contributed by atoms with E-state index < -0.39 is 5.56 Å². The molecule has 12 nitrogen and oxygen atoms in total. The van der Waals surface area contributed by atoms with Crippen molar-refractivity contribution in [2.75, 3.05) is 7.11 Å². The van der Waals surface area contributed by atoms with Crippen LogP contribution in [0.15, 0.2) is 127 Å². The van der Waals surface area contributed by atoms with E-state index in [-0.39, 0.29) is 26.5 Å². The summed E-state index contributed by atoms with van der Waals surface area (Å²) in [4.78, 5) is 35.1. The number of benzene rings is 4. The largest absolute Gasteiger partial charge is 0.493 e. The first-order valence-electron chi connectivity index (χ1n) is 17.7. The fraction of sp³-hybridized carbons (Fsp3) is 0.0244. The molecule has 0 saturated heterocycles. The molecule has 0 unspecified atom stereocenters. The average molecular weight is 1050 g/mol. The molecule has 0 spiro atoms. The first-order valence-corrected chi connectivity index (χ1v) is 22.6. The molecule has 0 amide bonds. The zero-order valence-electron chi connectivity index (χ0n) is 30.7. The zero-order valence-corrected chi connectivity index (χ0v) is 38.5. The lowest BCUT2D eigenvalue weighted by Gasteiger charge is -2.11. The quantitative estimate of drug-likeness (QED) is 0.100. The molecule has 6 aromatic heterocycles. The Morgan fingerprint density at radius 1 is 0.738 bits per heavy atom. The first kappa shape index (κ1) is 40.0. The van der Waals surface area contributed by atoms with Crippen LogP contribution >= 0.6 is 106 Å². The van der Waals surface area contributed by atoms with E-state index >= 15 is 0 Å². The van der Waals surface area contributed by atoms with Crippen molar-refractivity contribution in [2.45, 2.75) is 9.79 Å². The summed E-state index contributed by atoms with van der Waals surface area (Å²) in [7, 11) is 1.53. The van der Waals surface area contributed by atoms with Crippen LogP contribution in [0.3, 0.4) is 0 Å². The summed E-state index contributed by atoms with van der Waals surface area (Å²) in [6.45, 7) is 0. The molecule has 0 atom stereocenters. The van der Waals surface area contributed by atoms with Crippen molar-refractivity contribution in [1.29, 1.82) is 0 Å². The van der Waals surface area contributed by atoms with E-state index in [1.807, 2.05) is 48.5 Å². The Morgan fingerprint density at radius 3 is 2.20 bits per heavy atom. The standard InChI is InChI=1S/C41H20ClIN6O6S6/c1-51-27-13-14-44-33-34(27)53-41(58)49(37(33)56)39-47-24-11-8-20(16-30(24)60-39)52-28-15-19(7-10-23(28)42)26-18-29(55-43)35-32(45-26)36(50)48(40(57)54-35)38-46-25-12-9-22(17-31(25)61-38)59-21-5-3-2-4-6-21/h2-18H,1H3. The summed E-state index contributed by atoms with van der Waals surface area (Å²) >= 11 is 29.7. The topological polar surface area (TPSA) is 132 Å². The summed E-state index contributed by atoms with van der Waals surface area (Å²) in [5, 5.41) is 1.20. The Labute approximate surface area is 389 Å². The van der Waals surface area contributed by atoms with Gasteiger partial charge in [-0.05, 0) is 79.0 Å². The van der Waals surface area contributed by atoms with Crippen LogP contribution in [-0.4, -0.2) is 36.2 Å². The molecule has 10 aromatic rings. The number of hydrogen-bond donors (Lipinski definition) is 0. The number of methoxy groups -OCH3 is 1. The van der Waals surface area contributed by atoms with Gasteiger partial charge in [-0.3, -0.25) is 4.79 Å². The Hall–Kier alpha value is -5.13. The fourth-order valence-corrected chi connectivity index (χ4v) is 10.9. The maximum atomic E-state index is 14.3. The Bertz CT molecular complexity index is 3670. The van der Waals surface area contributed by atoms with Gasteiger partial charge in [0.15, 0.2) is 45.2 Å². The minimum Gasteiger partial charge on any atom is -0.493 e. The molecule has 0 aliphatic carbocycles. The molecular formula is C41H20ClIN6O6S6. The van der Waals surface area contributed by atoms with Crippen LogP contribution in [0.1, 0.15) is 0 Å². The number of ether oxygens (including phenoxy) is 2. The minimum atomic E-state index is -0.513. The van der Waals surface area contributed by atoms with Crippen LogP contribution in [0, 0.1) is 14.3 Å². The molecule has 10 rings (SSSR count). The van der Waals surface area contributed by atoms with E-state index in [1.54, 1.807) is 81.9 Å². The summed E-state index contributed by atoms with van der Waals surface area (Å²) in [5.74, 6) is 1.55. The minimum absolute atomic E-state index is 0.00214. The smallest absolute Gasteiger partial charge is 0.290 e. The number of thiazole rings is 2. The first-order chi connectivity index (χ1) is 29.6. The van der Waals surface area contributed by atoms with Crippen LogP contribution in [0.5, 0.6) is 23.0 Å². The van der Waals surface area contributed by atoms with Gasteiger partial charge in [-0.15, -0.1) is 0 Å². The lowest BCUT2D eigenvalue weighted by atomic mass is 10.1. The van der Waals surface area contributed by atoms with E-state index in [2.05, 4.69) is 17.1 Å². The highest BCUT2D eigenvalue weighted by Crippen LogP contribution is 2.39. The van der Waals surface area contributed by atoms with E-state index in [0.29, 0.717) is 65.0 Å². The third-order valence-electron chi connectivity index (χ3n) is 9.18. The third-order valence-corrected chi connectivity index (χ3v) is 13.9. The van der Waals surface area contributed by atoms with E-state index in [0.717, 1.165) is 24.7 Å². The van der Waals surface area contributed by atoms with Crippen molar-refractivity contribution in [2.24, 2.45) is 0 Å². The Balaban J connectivity index is 0.983. The Morgan fingerprint density at radius 2 is 1.44 bits per heavy atom. The Kier molecular flexibility index (Phi) is 10.7. The molecule has 20 heteroatoms. The van der Waals surface area contributed by atoms with Gasteiger partial charge < -0.3 is 21.4 Å². The van der Waals surface area contributed by atoms with Gasteiger partial charge in [0.05, 0.1) is 38.3 Å². The van der Waals surface area contributed by atoms with Crippen molar-refractivity contribution in [1.82, 2.24) is 29.1 Å². The second kappa shape index (κ2) is 16.3. The SMILES string of the molecule is COc1ccnc2c(=S)n(-c3nc4ccc(Oc5cc(-c6cc(OI)c7oc(=S)n(-c8nc9ccc(Sc%10ccccc%10)cc9s8)c(=O)c7n6)ccc5Cl)cc4s3)c(=S)oc12. The molecular weight excluding hydrogens is 1030 g/mol. The van der Waals surface area contributed by atoms with Crippen molar-refractivity contribution in [3.8, 4) is 44.5 Å². The zero-order chi connectivity index (χ0) is 41.9. The van der Waals surface area contributed by atoms with Crippen molar-refractivity contribution in [3.63, 3.8) is 0 Å². The number of nitrogens with zero attached hydrogens (tertiary/aromatic N) is 6. The average Bonchev–Trinajstić information content (AvgIpc) is 3.88. The maximum absolute atomic E-state index is 14.3. The third kappa shape index (κ3) is 7.41. The molecule has 0 N–H and O–H groups in total. The highest BCUT2D eigenvalue weighted by Gasteiger charge is 2.21. The van der Waals surface area contributed by atoms with Gasteiger partial charge in [0.25, 0.3) is 15.2 Å². The maximum Gasteiger partial charge on any atom is 0.290 e. The number of hydrogen-bond acceptors (Lipinski definition) is 16. The lowest BCUT2D eigenvalue weighted by Crippen LogP contribution is -2.20. The van der Waals surface area contributed by atoms with Crippen LogP contribution in [-0.2, 0) is 0 Å². The van der Waals surface area contributed by atoms with Gasteiger partial charge in [-0.1, -0.05) is 82.5 Å². The predicted octanol–water partition coefficient (Wildman–Crippen LogP) is 13.3. The highest BCUT2D eigenvalue weighted by atomic mass is 127. The monoisotopic (exact) mass is 1050 g/mol. The molecule has 0 aliphatic heterocycles. The normalized spacial score (nSPS) is 11.5. The van der Waals surface area contributed by atoms with Gasteiger partial charge in [0, 0.05) is 39.8 Å². The van der Waals surface area contributed by atoms with Crippen LogP contribution in [0.2, 0.25) is 5.02 Å². The lowest BCUT2D eigenvalue weighted by molar-refractivity contribution is 0.404. The number of aromatic nitrogens is 6. The highest BCUT2D eigenvalue weighted by molar-refractivity contribution is 14.1. The summed E-state index contributed by atoms with van der Waals surface area (Å²) in [6, 6.07) is 30.0. The molecule has 0 fully saturated rings. The molecule has 0 saturated carbocycles. The van der Waals surface area contributed by atoms with Crippen LogP contribution < -0.4 is 18.1 Å². The number of fused-ring (bicyclic) bond motifs is 4. The summed E-state index contributed by atoms with van der Waals surface area (Å²) in [6.07, 6.45) is 1.59. The molecule has 0 bridgehead atoms. The summed E-state index contributed by atoms with van der Waals surface area (Å²) in [5.41, 5.74) is 2.76. The second-order valence-corrected chi connectivity index (χ2v) is 18.0.